The fraction of sp³-hybridized carbons (Fsp3) is 0.316. The van der Waals surface area contributed by atoms with Crippen molar-refractivity contribution in [3.05, 3.63) is 60.7 Å². The van der Waals surface area contributed by atoms with Crippen molar-refractivity contribution in [1.29, 1.82) is 0 Å². The zero-order valence-electron chi connectivity index (χ0n) is 13.1. The Hall–Kier alpha value is -2.29. The molecule has 0 aliphatic rings. The van der Waals surface area contributed by atoms with Crippen LogP contribution in [0.2, 0.25) is 0 Å². The lowest BCUT2D eigenvalue weighted by Gasteiger charge is -2.22. The summed E-state index contributed by atoms with van der Waals surface area (Å²) in [5.74, 6) is 1.40. The molecule has 2 unspecified atom stereocenters. The first-order chi connectivity index (χ1) is 10.7. The number of benzene rings is 2. The van der Waals surface area contributed by atoms with Crippen molar-refractivity contribution in [3.8, 4) is 11.5 Å². The highest BCUT2D eigenvalue weighted by Gasteiger charge is 2.27. The molecule has 116 valence electrons. The molecule has 3 heteroatoms. The number of ketones is 1. The van der Waals surface area contributed by atoms with Crippen molar-refractivity contribution >= 4 is 5.78 Å². The summed E-state index contributed by atoms with van der Waals surface area (Å²) in [6.45, 7) is 3.89. The molecule has 0 aliphatic heterocycles. The molecule has 0 bridgehead atoms. The first kappa shape index (κ1) is 16.1. The highest BCUT2D eigenvalue weighted by atomic mass is 16.5. The van der Waals surface area contributed by atoms with Crippen molar-refractivity contribution < 1.29 is 14.3 Å². The summed E-state index contributed by atoms with van der Waals surface area (Å²) < 4.78 is 11.6. The average Bonchev–Trinajstić information content (AvgIpc) is 2.59. The Kier molecular flexibility index (Phi) is 6.01. The molecule has 0 aromatic heterocycles. The van der Waals surface area contributed by atoms with Gasteiger partial charge in [0.05, 0.1) is 0 Å². The van der Waals surface area contributed by atoms with Crippen molar-refractivity contribution in [2.75, 3.05) is 0 Å². The first-order valence-corrected chi connectivity index (χ1v) is 7.71. The first-order valence-electron chi connectivity index (χ1n) is 7.71. The van der Waals surface area contributed by atoms with Crippen LogP contribution in [-0.2, 0) is 4.79 Å². The summed E-state index contributed by atoms with van der Waals surface area (Å²) in [6.07, 6.45) is 0.247. The molecular formula is C19H22O3. The van der Waals surface area contributed by atoms with Gasteiger partial charge < -0.3 is 9.47 Å². The van der Waals surface area contributed by atoms with E-state index in [4.69, 9.17) is 9.47 Å². The number of para-hydroxylation sites is 2. The van der Waals surface area contributed by atoms with Crippen LogP contribution in [0.25, 0.3) is 0 Å². The van der Waals surface area contributed by atoms with Crippen molar-refractivity contribution in [3.63, 3.8) is 0 Å². The van der Waals surface area contributed by atoms with Gasteiger partial charge in [0.15, 0.2) is 12.2 Å². The quantitative estimate of drug-likeness (QED) is 0.730. The second-order valence-electron chi connectivity index (χ2n) is 5.06. The van der Waals surface area contributed by atoms with Crippen LogP contribution in [-0.4, -0.2) is 18.0 Å². The molecule has 0 fully saturated rings. The van der Waals surface area contributed by atoms with E-state index in [2.05, 4.69) is 0 Å². The number of hydrogen-bond donors (Lipinski definition) is 0. The van der Waals surface area contributed by atoms with Crippen LogP contribution in [0.5, 0.6) is 11.5 Å². The second kappa shape index (κ2) is 8.23. The van der Waals surface area contributed by atoms with Gasteiger partial charge in [0.1, 0.15) is 11.5 Å². The van der Waals surface area contributed by atoms with E-state index in [1.54, 1.807) is 0 Å². The van der Waals surface area contributed by atoms with Gasteiger partial charge in [-0.25, -0.2) is 0 Å². The summed E-state index contributed by atoms with van der Waals surface area (Å²) in [5, 5.41) is 0. The Balaban J connectivity index is 2.05. The lowest BCUT2D eigenvalue weighted by Crippen LogP contribution is -2.38. The maximum atomic E-state index is 12.7. The van der Waals surface area contributed by atoms with Gasteiger partial charge in [0, 0.05) is 0 Å². The zero-order valence-corrected chi connectivity index (χ0v) is 13.1. The molecule has 0 aliphatic carbocycles. The van der Waals surface area contributed by atoms with Crippen LogP contribution in [0.1, 0.15) is 26.7 Å². The lowest BCUT2D eigenvalue weighted by molar-refractivity contribution is -0.133. The second-order valence-corrected chi connectivity index (χ2v) is 5.06. The highest BCUT2D eigenvalue weighted by molar-refractivity contribution is 5.87. The van der Waals surface area contributed by atoms with Gasteiger partial charge in [-0.15, -0.1) is 0 Å². The summed E-state index contributed by atoms with van der Waals surface area (Å²) in [7, 11) is 0. The standard InChI is InChI=1S/C19H22O3/c1-3-17(21-15-11-7-5-8-12-15)19(20)18(4-2)22-16-13-9-6-10-14-16/h5-14,17-18H,3-4H2,1-2H3. The maximum Gasteiger partial charge on any atom is 0.213 e. The summed E-state index contributed by atoms with van der Waals surface area (Å²) in [5.41, 5.74) is 0. The minimum atomic E-state index is -0.490. The van der Waals surface area contributed by atoms with E-state index in [-0.39, 0.29) is 5.78 Å². The third kappa shape index (κ3) is 4.35. The van der Waals surface area contributed by atoms with E-state index >= 15 is 0 Å². The Labute approximate surface area is 131 Å². The Bertz CT molecular complexity index is 514. The number of hydrogen-bond acceptors (Lipinski definition) is 3. The topological polar surface area (TPSA) is 35.5 Å². The molecule has 2 aromatic carbocycles. The molecule has 0 radical (unpaired) electrons. The van der Waals surface area contributed by atoms with Gasteiger partial charge in [-0.1, -0.05) is 50.2 Å². The number of carbonyl (C=O) groups is 1. The summed E-state index contributed by atoms with van der Waals surface area (Å²) in [4.78, 5) is 12.7. The maximum absolute atomic E-state index is 12.7. The molecule has 2 aromatic rings. The third-order valence-electron chi connectivity index (χ3n) is 3.42. The molecule has 0 saturated heterocycles. The van der Waals surface area contributed by atoms with Gasteiger partial charge in [-0.2, -0.15) is 0 Å². The number of ether oxygens (including phenoxy) is 2. The molecule has 3 nitrogen and oxygen atoms in total. The third-order valence-corrected chi connectivity index (χ3v) is 3.42. The van der Waals surface area contributed by atoms with Crippen LogP contribution in [0, 0.1) is 0 Å². The lowest BCUT2D eigenvalue weighted by atomic mass is 10.1. The van der Waals surface area contributed by atoms with E-state index in [0.29, 0.717) is 24.3 Å². The monoisotopic (exact) mass is 298 g/mol. The predicted molar refractivity (Wildman–Crippen MR) is 87.3 cm³/mol. The predicted octanol–water partition coefficient (Wildman–Crippen LogP) is 4.27. The van der Waals surface area contributed by atoms with Gasteiger partial charge in [-0.05, 0) is 37.1 Å². The van der Waals surface area contributed by atoms with E-state index in [1.165, 1.54) is 0 Å². The Morgan fingerprint density at radius 2 is 1.14 bits per heavy atom. The molecular weight excluding hydrogens is 276 g/mol. The van der Waals surface area contributed by atoms with Gasteiger partial charge in [0.2, 0.25) is 5.78 Å². The number of Topliss-reactive ketones (excluding diaryl/α,β-unsaturated/α-hetero) is 1. The van der Waals surface area contributed by atoms with E-state index in [9.17, 15) is 4.79 Å². The Morgan fingerprint density at radius 3 is 1.45 bits per heavy atom. The van der Waals surface area contributed by atoms with Crippen molar-refractivity contribution in [2.45, 2.75) is 38.9 Å². The normalized spacial score (nSPS) is 13.2. The van der Waals surface area contributed by atoms with Gasteiger partial charge >= 0.3 is 0 Å². The van der Waals surface area contributed by atoms with E-state index in [1.807, 2.05) is 74.5 Å². The van der Waals surface area contributed by atoms with Crippen LogP contribution < -0.4 is 9.47 Å². The fourth-order valence-electron chi connectivity index (χ4n) is 2.22. The van der Waals surface area contributed by atoms with Crippen molar-refractivity contribution in [2.24, 2.45) is 0 Å². The van der Waals surface area contributed by atoms with Gasteiger partial charge in [-0.3, -0.25) is 4.79 Å². The minimum Gasteiger partial charge on any atom is -0.483 e. The van der Waals surface area contributed by atoms with Gasteiger partial charge in [0.25, 0.3) is 0 Å². The molecule has 2 rings (SSSR count). The van der Waals surface area contributed by atoms with Crippen molar-refractivity contribution in [1.82, 2.24) is 0 Å². The minimum absolute atomic E-state index is 0.0160. The smallest absolute Gasteiger partial charge is 0.213 e. The zero-order chi connectivity index (χ0) is 15.8. The summed E-state index contributed by atoms with van der Waals surface area (Å²) in [6, 6.07) is 18.8. The molecule has 0 amide bonds. The van der Waals surface area contributed by atoms with Crippen LogP contribution in [0.4, 0.5) is 0 Å². The molecule has 0 heterocycles. The van der Waals surface area contributed by atoms with Crippen LogP contribution in [0.3, 0.4) is 0 Å². The number of rotatable bonds is 8. The molecule has 0 spiro atoms. The fourth-order valence-corrected chi connectivity index (χ4v) is 2.22. The molecule has 0 saturated carbocycles. The molecule has 2 atom stereocenters. The van der Waals surface area contributed by atoms with E-state index < -0.39 is 12.2 Å². The van der Waals surface area contributed by atoms with E-state index in [0.717, 1.165) is 0 Å². The number of carbonyl (C=O) groups excluding carboxylic acids is 1. The molecule has 0 N–H and O–H groups in total. The SMILES string of the molecule is CCC(Oc1ccccc1)C(=O)C(CC)Oc1ccccc1. The largest absolute Gasteiger partial charge is 0.483 e. The van der Waals surface area contributed by atoms with Crippen LogP contribution >= 0.6 is 0 Å². The molecule has 22 heavy (non-hydrogen) atoms. The Morgan fingerprint density at radius 1 is 0.773 bits per heavy atom. The van der Waals surface area contributed by atoms with Crippen LogP contribution in [0.15, 0.2) is 60.7 Å². The summed E-state index contributed by atoms with van der Waals surface area (Å²) >= 11 is 0. The average molecular weight is 298 g/mol. The highest BCUT2D eigenvalue weighted by Crippen LogP contribution is 2.18.